The van der Waals surface area contributed by atoms with Gasteiger partial charge >= 0.3 is 0 Å². The number of imidazole rings is 1. The maximum Gasteiger partial charge on any atom is 0.108 e. The highest BCUT2D eigenvalue weighted by molar-refractivity contribution is 9.10. The predicted octanol–water partition coefficient (Wildman–Crippen LogP) is 3.60. The molecule has 17 heavy (non-hydrogen) atoms. The Morgan fingerprint density at radius 2 is 2.06 bits per heavy atom. The second-order valence-electron chi connectivity index (χ2n) is 3.82. The summed E-state index contributed by atoms with van der Waals surface area (Å²) in [7, 11) is 0. The average molecular weight is 290 g/mol. The fourth-order valence-corrected chi connectivity index (χ4v) is 1.97. The molecule has 2 aromatic rings. The molecule has 4 heteroatoms. The lowest BCUT2D eigenvalue weighted by Gasteiger charge is -1.98. The number of hydrogen-bond donors (Lipinski definition) is 1. The van der Waals surface area contributed by atoms with Gasteiger partial charge in [0.05, 0.1) is 11.8 Å². The third-order valence-corrected chi connectivity index (χ3v) is 3.05. The van der Waals surface area contributed by atoms with Gasteiger partial charge < -0.3 is 4.98 Å². The summed E-state index contributed by atoms with van der Waals surface area (Å²) in [6.45, 7) is 2.00. The van der Waals surface area contributed by atoms with Crippen molar-refractivity contribution in [3.05, 3.63) is 40.3 Å². The van der Waals surface area contributed by atoms with Gasteiger partial charge in [-0.15, -0.1) is 0 Å². The van der Waals surface area contributed by atoms with E-state index >= 15 is 0 Å². The number of nitrogens with zero attached hydrogens (tertiary/aromatic N) is 2. The molecule has 2 rings (SSSR count). The van der Waals surface area contributed by atoms with E-state index in [0.717, 1.165) is 27.2 Å². The Balaban J connectivity index is 2.30. The van der Waals surface area contributed by atoms with Gasteiger partial charge in [0, 0.05) is 28.6 Å². The van der Waals surface area contributed by atoms with Crippen molar-refractivity contribution in [2.24, 2.45) is 0 Å². The molecule has 0 bridgehead atoms. The molecule has 86 valence electrons. The maximum atomic E-state index is 8.55. The molecule has 0 aliphatic rings. The van der Waals surface area contributed by atoms with Crippen molar-refractivity contribution in [3.63, 3.8) is 0 Å². The molecule has 0 aliphatic heterocycles. The van der Waals surface area contributed by atoms with Gasteiger partial charge in [-0.05, 0) is 19.1 Å². The number of benzene rings is 1. The summed E-state index contributed by atoms with van der Waals surface area (Å²) >= 11 is 3.41. The number of aryl methyl sites for hydroxylation is 2. The number of hydrogen-bond acceptors (Lipinski definition) is 2. The molecule has 0 spiro atoms. The van der Waals surface area contributed by atoms with Crippen LogP contribution in [0.4, 0.5) is 0 Å². The summed E-state index contributed by atoms with van der Waals surface area (Å²) in [6.07, 6.45) is 1.17. The van der Waals surface area contributed by atoms with E-state index in [0.29, 0.717) is 12.8 Å². The normalized spacial score (nSPS) is 10.2. The quantitative estimate of drug-likeness (QED) is 0.938. The molecule has 0 saturated heterocycles. The number of nitrogens with one attached hydrogen (secondary N) is 1. The lowest BCUT2D eigenvalue weighted by molar-refractivity contribution is 0.913. The Labute approximate surface area is 109 Å². The molecule has 0 saturated carbocycles. The van der Waals surface area contributed by atoms with Gasteiger partial charge in [0.1, 0.15) is 5.82 Å². The number of halogens is 1. The summed E-state index contributed by atoms with van der Waals surface area (Å²) in [5.74, 6) is 0.877. The molecule has 0 amide bonds. The first-order valence-electron chi connectivity index (χ1n) is 5.39. The molecule has 0 aliphatic carbocycles. The van der Waals surface area contributed by atoms with Crippen molar-refractivity contribution in [3.8, 4) is 17.3 Å². The first kappa shape index (κ1) is 11.9. The zero-order valence-corrected chi connectivity index (χ0v) is 11.1. The van der Waals surface area contributed by atoms with Crippen molar-refractivity contribution in [2.45, 2.75) is 19.8 Å². The van der Waals surface area contributed by atoms with Crippen LogP contribution >= 0.6 is 15.9 Å². The molecule has 1 N–H and O–H groups in total. The van der Waals surface area contributed by atoms with Crippen LogP contribution in [0.5, 0.6) is 0 Å². The minimum atomic E-state index is 0.493. The highest BCUT2D eigenvalue weighted by Gasteiger charge is 2.08. The van der Waals surface area contributed by atoms with E-state index in [9.17, 15) is 0 Å². The molecule has 0 atom stereocenters. The summed E-state index contributed by atoms with van der Waals surface area (Å²) in [6, 6.07) is 10.2. The fourth-order valence-electron chi connectivity index (χ4n) is 1.70. The van der Waals surface area contributed by atoms with Crippen molar-refractivity contribution >= 4 is 15.9 Å². The smallest absolute Gasteiger partial charge is 0.108 e. The first-order chi connectivity index (χ1) is 8.20. The monoisotopic (exact) mass is 289 g/mol. The molecule has 1 heterocycles. The van der Waals surface area contributed by atoms with Gasteiger partial charge in [-0.2, -0.15) is 5.26 Å². The van der Waals surface area contributed by atoms with Crippen LogP contribution in [0.1, 0.15) is 17.9 Å². The van der Waals surface area contributed by atoms with Crippen molar-refractivity contribution in [2.75, 3.05) is 0 Å². The number of H-pyrrole nitrogens is 1. The van der Waals surface area contributed by atoms with Crippen LogP contribution in [0, 0.1) is 18.3 Å². The van der Waals surface area contributed by atoms with E-state index in [-0.39, 0.29) is 0 Å². The van der Waals surface area contributed by atoms with E-state index < -0.39 is 0 Å². The number of nitriles is 1. The molecule has 0 unspecified atom stereocenters. The summed E-state index contributed by atoms with van der Waals surface area (Å²) in [4.78, 5) is 7.74. The van der Waals surface area contributed by atoms with Gasteiger partial charge in [0.15, 0.2) is 0 Å². The Bertz CT molecular complexity index is 549. The molecule has 1 aromatic heterocycles. The zero-order valence-electron chi connectivity index (χ0n) is 9.50. The van der Waals surface area contributed by atoms with Crippen LogP contribution in [0.2, 0.25) is 0 Å². The Morgan fingerprint density at radius 1 is 1.35 bits per heavy atom. The Hall–Kier alpha value is -1.60. The predicted molar refractivity (Wildman–Crippen MR) is 70.4 cm³/mol. The molecule has 0 radical (unpaired) electrons. The summed E-state index contributed by atoms with van der Waals surface area (Å²) in [5.41, 5.74) is 3.09. The fraction of sp³-hybridized carbons (Fsp3) is 0.231. The van der Waals surface area contributed by atoms with Gasteiger partial charge in [0.25, 0.3) is 0 Å². The Morgan fingerprint density at radius 3 is 2.71 bits per heavy atom. The van der Waals surface area contributed by atoms with E-state index in [1.807, 2.05) is 31.2 Å². The van der Waals surface area contributed by atoms with Gasteiger partial charge in [-0.25, -0.2) is 4.98 Å². The molecule has 0 fully saturated rings. The second-order valence-corrected chi connectivity index (χ2v) is 4.74. The highest BCUT2D eigenvalue weighted by atomic mass is 79.9. The number of aromatic nitrogens is 2. The van der Waals surface area contributed by atoms with Crippen LogP contribution in [-0.4, -0.2) is 9.97 Å². The van der Waals surface area contributed by atoms with Crippen molar-refractivity contribution in [1.82, 2.24) is 9.97 Å². The summed E-state index contributed by atoms with van der Waals surface area (Å²) in [5, 5.41) is 8.55. The van der Waals surface area contributed by atoms with E-state index in [2.05, 4.69) is 32.0 Å². The second kappa shape index (κ2) is 5.15. The molecular weight excluding hydrogens is 278 g/mol. The van der Waals surface area contributed by atoms with E-state index in [1.165, 1.54) is 0 Å². The SMILES string of the molecule is Cc1[nH]c(CCC#N)nc1-c1ccc(Br)cc1. The van der Waals surface area contributed by atoms with E-state index in [4.69, 9.17) is 5.26 Å². The summed E-state index contributed by atoms with van der Waals surface area (Å²) < 4.78 is 1.05. The minimum absolute atomic E-state index is 0.493. The van der Waals surface area contributed by atoms with E-state index in [1.54, 1.807) is 0 Å². The molecular formula is C13H12BrN3. The maximum absolute atomic E-state index is 8.55. The zero-order chi connectivity index (χ0) is 12.3. The number of rotatable bonds is 3. The van der Waals surface area contributed by atoms with Crippen LogP contribution in [0.25, 0.3) is 11.3 Å². The standard InChI is InChI=1S/C13H12BrN3/c1-9-13(10-4-6-11(14)7-5-10)17-12(16-9)3-2-8-15/h4-7H,2-3H2,1H3,(H,16,17). The molecule has 1 aromatic carbocycles. The first-order valence-corrected chi connectivity index (χ1v) is 6.18. The van der Waals surface area contributed by atoms with Gasteiger partial charge in [-0.3, -0.25) is 0 Å². The number of aromatic amines is 1. The Kier molecular flexibility index (Phi) is 3.60. The largest absolute Gasteiger partial charge is 0.346 e. The highest BCUT2D eigenvalue weighted by Crippen LogP contribution is 2.23. The van der Waals surface area contributed by atoms with Crippen LogP contribution in [-0.2, 0) is 6.42 Å². The van der Waals surface area contributed by atoms with Crippen molar-refractivity contribution < 1.29 is 0 Å². The van der Waals surface area contributed by atoms with Gasteiger partial charge in [0.2, 0.25) is 0 Å². The lowest BCUT2D eigenvalue weighted by atomic mass is 10.1. The van der Waals surface area contributed by atoms with Crippen LogP contribution < -0.4 is 0 Å². The lowest BCUT2D eigenvalue weighted by Crippen LogP contribution is -1.86. The van der Waals surface area contributed by atoms with Gasteiger partial charge in [-0.1, -0.05) is 28.1 Å². The third-order valence-electron chi connectivity index (χ3n) is 2.53. The van der Waals surface area contributed by atoms with Crippen molar-refractivity contribution in [1.29, 1.82) is 5.26 Å². The topological polar surface area (TPSA) is 52.5 Å². The minimum Gasteiger partial charge on any atom is -0.346 e. The van der Waals surface area contributed by atoms with Crippen LogP contribution in [0.3, 0.4) is 0 Å². The van der Waals surface area contributed by atoms with Crippen LogP contribution in [0.15, 0.2) is 28.7 Å². The third kappa shape index (κ3) is 2.75. The molecule has 3 nitrogen and oxygen atoms in total. The average Bonchev–Trinajstić information content (AvgIpc) is 2.69.